The first-order valence-electron chi connectivity index (χ1n) is 10.3. The number of aryl methyl sites for hydroxylation is 2. The third-order valence-corrected chi connectivity index (χ3v) is 5.55. The Morgan fingerprint density at radius 2 is 1.87 bits per heavy atom. The van der Waals surface area contributed by atoms with Gasteiger partial charge in [0.15, 0.2) is 0 Å². The van der Waals surface area contributed by atoms with E-state index in [-0.39, 0.29) is 11.5 Å². The van der Waals surface area contributed by atoms with Gasteiger partial charge >= 0.3 is 0 Å². The summed E-state index contributed by atoms with van der Waals surface area (Å²) in [7, 11) is 0. The van der Waals surface area contributed by atoms with Gasteiger partial charge in [0, 0.05) is 18.9 Å². The number of benzene rings is 2. The van der Waals surface area contributed by atoms with Crippen LogP contribution in [0.3, 0.4) is 0 Å². The Morgan fingerprint density at radius 3 is 2.63 bits per heavy atom. The summed E-state index contributed by atoms with van der Waals surface area (Å²) < 4.78 is 3.57. The normalized spacial score (nSPS) is 13.8. The minimum atomic E-state index is -0.0934. The number of aromatic nitrogens is 4. The molecular formula is C23H23N5O2. The topological polar surface area (TPSA) is 81.3 Å². The molecule has 0 radical (unpaired) electrons. The van der Waals surface area contributed by atoms with Gasteiger partial charge in [0.1, 0.15) is 5.82 Å². The number of fused-ring (bicyclic) bond motifs is 3. The van der Waals surface area contributed by atoms with E-state index in [0.717, 1.165) is 23.9 Å². The Labute approximate surface area is 173 Å². The number of amides is 1. The first-order chi connectivity index (χ1) is 14.6. The van der Waals surface area contributed by atoms with Gasteiger partial charge in [-0.15, -0.1) is 10.2 Å². The van der Waals surface area contributed by atoms with Gasteiger partial charge in [-0.25, -0.2) is 0 Å². The number of nitrogens with zero attached hydrogens (tertiary/aromatic N) is 4. The van der Waals surface area contributed by atoms with E-state index in [1.54, 1.807) is 4.57 Å². The molecule has 4 aromatic rings. The molecule has 1 amide bonds. The minimum Gasteiger partial charge on any atom is -0.353 e. The second-order valence-corrected chi connectivity index (χ2v) is 7.99. The van der Waals surface area contributed by atoms with Crippen molar-refractivity contribution in [1.82, 2.24) is 24.5 Å². The van der Waals surface area contributed by atoms with Crippen LogP contribution in [0.15, 0.2) is 53.3 Å². The highest BCUT2D eigenvalue weighted by Gasteiger charge is 2.23. The van der Waals surface area contributed by atoms with E-state index in [0.29, 0.717) is 42.4 Å². The van der Waals surface area contributed by atoms with Gasteiger partial charge < -0.3 is 5.32 Å². The quantitative estimate of drug-likeness (QED) is 0.539. The van der Waals surface area contributed by atoms with Crippen molar-refractivity contribution in [1.29, 1.82) is 0 Å². The van der Waals surface area contributed by atoms with Crippen molar-refractivity contribution < 1.29 is 4.79 Å². The largest absolute Gasteiger partial charge is 0.353 e. The first-order valence-corrected chi connectivity index (χ1v) is 10.3. The third-order valence-electron chi connectivity index (χ3n) is 5.55. The molecule has 0 unspecified atom stereocenters. The number of carbonyl (C=O) groups excluding carboxylic acids is 1. The van der Waals surface area contributed by atoms with E-state index in [1.807, 2.05) is 59.9 Å². The van der Waals surface area contributed by atoms with Crippen molar-refractivity contribution >= 4 is 22.6 Å². The number of hydrogen-bond acceptors (Lipinski definition) is 4. The van der Waals surface area contributed by atoms with Gasteiger partial charge in [-0.05, 0) is 37.5 Å². The minimum absolute atomic E-state index is 0.0338. The molecule has 0 spiro atoms. The zero-order chi connectivity index (χ0) is 20.7. The van der Waals surface area contributed by atoms with Crippen molar-refractivity contribution in [3.05, 3.63) is 75.8 Å². The van der Waals surface area contributed by atoms with E-state index in [4.69, 9.17) is 0 Å². The SMILES string of the molecule is Cc1ccc(Cn2c(=O)c3ccccc3n3c(CCC(=O)NC4CC4)nnc23)cc1. The zero-order valence-electron chi connectivity index (χ0n) is 16.8. The van der Waals surface area contributed by atoms with Crippen LogP contribution in [0.2, 0.25) is 0 Å². The van der Waals surface area contributed by atoms with E-state index in [9.17, 15) is 9.59 Å². The average Bonchev–Trinajstić information content (AvgIpc) is 3.46. The zero-order valence-corrected chi connectivity index (χ0v) is 16.8. The molecule has 0 saturated heterocycles. The maximum absolute atomic E-state index is 13.2. The maximum atomic E-state index is 13.2. The second-order valence-electron chi connectivity index (χ2n) is 7.99. The fraction of sp³-hybridized carbons (Fsp3) is 0.304. The Kier molecular flexibility index (Phi) is 4.58. The van der Waals surface area contributed by atoms with Crippen LogP contribution in [0.4, 0.5) is 0 Å². The lowest BCUT2D eigenvalue weighted by molar-refractivity contribution is -0.121. The van der Waals surface area contributed by atoms with Crippen LogP contribution in [0.25, 0.3) is 16.7 Å². The second kappa shape index (κ2) is 7.40. The summed E-state index contributed by atoms with van der Waals surface area (Å²) in [6, 6.07) is 15.9. The number of para-hydroxylation sites is 1. The number of nitrogens with one attached hydrogen (secondary N) is 1. The van der Waals surface area contributed by atoms with Crippen molar-refractivity contribution in [3.8, 4) is 0 Å². The lowest BCUT2D eigenvalue weighted by Gasteiger charge is -2.12. The fourth-order valence-corrected chi connectivity index (χ4v) is 3.75. The van der Waals surface area contributed by atoms with Gasteiger partial charge in [0.05, 0.1) is 17.4 Å². The summed E-state index contributed by atoms with van der Waals surface area (Å²) in [4.78, 5) is 25.4. The molecule has 1 saturated carbocycles. The highest BCUT2D eigenvalue weighted by atomic mass is 16.1. The molecule has 0 atom stereocenters. The molecule has 2 aromatic carbocycles. The molecule has 7 heteroatoms. The number of rotatable bonds is 6. The molecule has 2 aromatic heterocycles. The monoisotopic (exact) mass is 401 g/mol. The summed E-state index contributed by atoms with van der Waals surface area (Å²) in [5, 5.41) is 12.3. The van der Waals surface area contributed by atoms with E-state index >= 15 is 0 Å². The summed E-state index contributed by atoms with van der Waals surface area (Å²) >= 11 is 0. The lowest BCUT2D eigenvalue weighted by atomic mass is 10.1. The van der Waals surface area contributed by atoms with Gasteiger partial charge in [0.2, 0.25) is 11.7 Å². The Morgan fingerprint density at radius 1 is 1.10 bits per heavy atom. The van der Waals surface area contributed by atoms with Crippen LogP contribution in [-0.4, -0.2) is 31.1 Å². The van der Waals surface area contributed by atoms with Crippen LogP contribution in [0.1, 0.15) is 36.2 Å². The van der Waals surface area contributed by atoms with Crippen molar-refractivity contribution in [2.75, 3.05) is 0 Å². The average molecular weight is 401 g/mol. The molecule has 30 heavy (non-hydrogen) atoms. The molecule has 0 aliphatic heterocycles. The smallest absolute Gasteiger partial charge is 0.263 e. The predicted octanol–water partition coefficient (Wildman–Crippen LogP) is 2.61. The molecule has 1 aliphatic carbocycles. The molecule has 5 rings (SSSR count). The summed E-state index contributed by atoms with van der Waals surface area (Å²) in [5.41, 5.74) is 2.86. The van der Waals surface area contributed by atoms with Gasteiger partial charge in [-0.2, -0.15) is 0 Å². The molecule has 152 valence electrons. The molecule has 2 heterocycles. The standard InChI is InChI=1S/C23H23N5O2/c1-15-6-8-16(9-7-15)14-27-22(30)18-4-2-3-5-19(18)28-20(25-26-23(27)28)12-13-21(29)24-17-10-11-17/h2-9,17H,10-14H2,1H3,(H,24,29). The van der Waals surface area contributed by atoms with Crippen LogP contribution in [-0.2, 0) is 17.8 Å². The molecule has 7 nitrogen and oxygen atoms in total. The summed E-state index contributed by atoms with van der Waals surface area (Å²) in [6.45, 7) is 2.45. The van der Waals surface area contributed by atoms with Crippen molar-refractivity contribution in [2.24, 2.45) is 0 Å². The van der Waals surface area contributed by atoms with E-state index < -0.39 is 0 Å². The molecule has 1 fully saturated rings. The van der Waals surface area contributed by atoms with E-state index in [1.165, 1.54) is 5.56 Å². The van der Waals surface area contributed by atoms with Crippen LogP contribution >= 0.6 is 0 Å². The van der Waals surface area contributed by atoms with Crippen molar-refractivity contribution in [2.45, 2.75) is 45.2 Å². The Bertz CT molecular complexity index is 1300. The highest BCUT2D eigenvalue weighted by Crippen LogP contribution is 2.19. The van der Waals surface area contributed by atoms with Crippen LogP contribution < -0.4 is 10.9 Å². The summed E-state index contributed by atoms with van der Waals surface area (Å²) in [5.74, 6) is 1.22. The Hall–Kier alpha value is -3.48. The van der Waals surface area contributed by atoms with Gasteiger partial charge in [-0.1, -0.05) is 42.0 Å². The fourth-order valence-electron chi connectivity index (χ4n) is 3.75. The third kappa shape index (κ3) is 3.47. The van der Waals surface area contributed by atoms with Crippen molar-refractivity contribution in [3.63, 3.8) is 0 Å². The number of hydrogen-bond donors (Lipinski definition) is 1. The van der Waals surface area contributed by atoms with Gasteiger partial charge in [-0.3, -0.25) is 18.6 Å². The maximum Gasteiger partial charge on any atom is 0.263 e. The first kappa shape index (κ1) is 18.5. The number of carbonyl (C=O) groups is 1. The van der Waals surface area contributed by atoms with Crippen LogP contribution in [0.5, 0.6) is 0 Å². The lowest BCUT2D eigenvalue weighted by Crippen LogP contribution is -2.26. The van der Waals surface area contributed by atoms with Crippen LogP contribution in [0, 0.1) is 6.92 Å². The van der Waals surface area contributed by atoms with E-state index in [2.05, 4.69) is 15.5 Å². The highest BCUT2D eigenvalue weighted by molar-refractivity contribution is 5.80. The molecule has 1 N–H and O–H groups in total. The Balaban J connectivity index is 1.58. The predicted molar refractivity (Wildman–Crippen MR) is 115 cm³/mol. The molecule has 0 bridgehead atoms. The summed E-state index contributed by atoms with van der Waals surface area (Å²) in [6.07, 6.45) is 2.94. The molecular weight excluding hydrogens is 378 g/mol. The van der Waals surface area contributed by atoms with Gasteiger partial charge in [0.25, 0.3) is 5.56 Å². The molecule has 1 aliphatic rings.